The average molecular weight is 240 g/mol. The van der Waals surface area contributed by atoms with Gasteiger partial charge in [0.1, 0.15) is 17.6 Å². The fraction of sp³-hybridized carbons (Fsp3) is 0.0714. The standard InChI is InChI=1S/C14H12N2O2/c15-8-11-7-13(5-6-14(11)16)18-12-3-1-10(9-17)2-4-12/h1-7,17H,9,16H2. The van der Waals surface area contributed by atoms with Crippen LogP contribution in [0.5, 0.6) is 11.5 Å². The summed E-state index contributed by atoms with van der Waals surface area (Å²) in [5.74, 6) is 1.19. The highest BCUT2D eigenvalue weighted by Crippen LogP contribution is 2.25. The van der Waals surface area contributed by atoms with E-state index in [-0.39, 0.29) is 6.61 Å². The number of aliphatic hydroxyl groups excluding tert-OH is 1. The minimum atomic E-state index is 0.000725. The van der Waals surface area contributed by atoms with Gasteiger partial charge in [-0.05, 0) is 29.8 Å². The first-order valence-corrected chi connectivity index (χ1v) is 5.40. The molecule has 18 heavy (non-hydrogen) atoms. The molecule has 0 saturated carbocycles. The first-order chi connectivity index (χ1) is 8.72. The highest BCUT2D eigenvalue weighted by molar-refractivity contribution is 5.57. The number of benzene rings is 2. The molecular weight excluding hydrogens is 228 g/mol. The second-order valence-corrected chi connectivity index (χ2v) is 3.76. The highest BCUT2D eigenvalue weighted by Gasteiger charge is 2.02. The molecule has 4 nitrogen and oxygen atoms in total. The third-order valence-electron chi connectivity index (χ3n) is 2.49. The topological polar surface area (TPSA) is 79.3 Å². The Bertz CT molecular complexity index is 586. The molecule has 0 heterocycles. The van der Waals surface area contributed by atoms with Gasteiger partial charge in [0.05, 0.1) is 12.2 Å². The van der Waals surface area contributed by atoms with E-state index < -0.39 is 0 Å². The van der Waals surface area contributed by atoms with E-state index in [1.165, 1.54) is 0 Å². The Morgan fingerprint density at radius 1 is 1.11 bits per heavy atom. The molecule has 0 aromatic heterocycles. The molecule has 4 heteroatoms. The van der Waals surface area contributed by atoms with Crippen LogP contribution in [0, 0.1) is 11.3 Å². The summed E-state index contributed by atoms with van der Waals surface area (Å²) in [4.78, 5) is 0. The summed E-state index contributed by atoms with van der Waals surface area (Å²) >= 11 is 0. The first kappa shape index (κ1) is 12.0. The minimum Gasteiger partial charge on any atom is -0.457 e. The largest absolute Gasteiger partial charge is 0.457 e. The van der Waals surface area contributed by atoms with Gasteiger partial charge in [-0.1, -0.05) is 12.1 Å². The molecule has 2 aromatic rings. The van der Waals surface area contributed by atoms with E-state index in [1.807, 2.05) is 6.07 Å². The van der Waals surface area contributed by atoms with Gasteiger partial charge in [-0.15, -0.1) is 0 Å². The van der Waals surface area contributed by atoms with Crippen molar-refractivity contribution in [3.05, 3.63) is 53.6 Å². The molecule has 0 atom stereocenters. The Balaban J connectivity index is 2.20. The van der Waals surface area contributed by atoms with E-state index >= 15 is 0 Å². The maximum atomic E-state index is 8.93. The van der Waals surface area contributed by atoms with Crippen LogP contribution in [0.3, 0.4) is 0 Å². The fourth-order valence-electron chi connectivity index (χ4n) is 1.49. The van der Waals surface area contributed by atoms with Crippen LogP contribution >= 0.6 is 0 Å². The molecule has 2 rings (SSSR count). The summed E-state index contributed by atoms with van der Waals surface area (Å²) in [5, 5.41) is 17.8. The number of nitriles is 1. The lowest BCUT2D eigenvalue weighted by Gasteiger charge is -2.07. The van der Waals surface area contributed by atoms with E-state index in [2.05, 4.69) is 0 Å². The zero-order valence-corrected chi connectivity index (χ0v) is 9.63. The van der Waals surface area contributed by atoms with Crippen LogP contribution in [-0.4, -0.2) is 5.11 Å². The smallest absolute Gasteiger partial charge is 0.128 e. The third kappa shape index (κ3) is 2.59. The number of aliphatic hydroxyl groups is 1. The Morgan fingerprint density at radius 3 is 2.39 bits per heavy atom. The van der Waals surface area contributed by atoms with Gasteiger partial charge in [-0.3, -0.25) is 0 Å². The quantitative estimate of drug-likeness (QED) is 0.807. The number of hydrogen-bond donors (Lipinski definition) is 2. The second-order valence-electron chi connectivity index (χ2n) is 3.76. The van der Waals surface area contributed by atoms with Crippen molar-refractivity contribution >= 4 is 5.69 Å². The molecule has 0 fully saturated rings. The van der Waals surface area contributed by atoms with Gasteiger partial charge in [-0.2, -0.15) is 5.26 Å². The van der Waals surface area contributed by atoms with Gasteiger partial charge in [0, 0.05) is 11.8 Å². The summed E-state index contributed by atoms with van der Waals surface area (Å²) in [6.07, 6.45) is 0. The van der Waals surface area contributed by atoms with Gasteiger partial charge >= 0.3 is 0 Å². The molecule has 0 aliphatic carbocycles. The number of nitrogen functional groups attached to an aromatic ring is 1. The van der Waals surface area contributed by atoms with Gasteiger partial charge in [-0.25, -0.2) is 0 Å². The third-order valence-corrected chi connectivity index (χ3v) is 2.49. The Morgan fingerprint density at radius 2 is 1.78 bits per heavy atom. The number of hydrogen-bond acceptors (Lipinski definition) is 4. The zero-order chi connectivity index (χ0) is 13.0. The van der Waals surface area contributed by atoms with E-state index in [9.17, 15) is 0 Å². The summed E-state index contributed by atoms with van der Waals surface area (Å²) in [6.45, 7) is 0.000725. The van der Waals surface area contributed by atoms with Crippen molar-refractivity contribution in [2.75, 3.05) is 5.73 Å². The van der Waals surface area contributed by atoms with Crippen molar-refractivity contribution in [2.24, 2.45) is 0 Å². The van der Waals surface area contributed by atoms with E-state index in [4.69, 9.17) is 20.8 Å². The monoisotopic (exact) mass is 240 g/mol. The molecule has 90 valence electrons. The lowest BCUT2D eigenvalue weighted by atomic mass is 10.2. The SMILES string of the molecule is N#Cc1cc(Oc2ccc(CO)cc2)ccc1N. The Hall–Kier alpha value is -2.51. The summed E-state index contributed by atoms with van der Waals surface area (Å²) in [5.41, 5.74) is 7.26. The Labute approximate surface area is 105 Å². The van der Waals surface area contributed by atoms with Crippen LogP contribution < -0.4 is 10.5 Å². The van der Waals surface area contributed by atoms with Crippen molar-refractivity contribution in [1.82, 2.24) is 0 Å². The summed E-state index contributed by atoms with van der Waals surface area (Å²) in [7, 11) is 0. The lowest BCUT2D eigenvalue weighted by Crippen LogP contribution is -1.92. The number of nitrogens with zero attached hydrogens (tertiary/aromatic N) is 1. The minimum absolute atomic E-state index is 0.000725. The van der Waals surface area contributed by atoms with E-state index in [0.29, 0.717) is 22.7 Å². The summed E-state index contributed by atoms with van der Waals surface area (Å²) < 4.78 is 5.59. The molecule has 0 aliphatic rings. The molecule has 0 aliphatic heterocycles. The number of anilines is 1. The zero-order valence-electron chi connectivity index (χ0n) is 9.63. The first-order valence-electron chi connectivity index (χ1n) is 5.40. The van der Waals surface area contributed by atoms with Crippen LogP contribution in [0.15, 0.2) is 42.5 Å². The highest BCUT2D eigenvalue weighted by atomic mass is 16.5. The van der Waals surface area contributed by atoms with Gasteiger partial charge < -0.3 is 15.6 Å². The van der Waals surface area contributed by atoms with Crippen molar-refractivity contribution in [3.63, 3.8) is 0 Å². The maximum Gasteiger partial charge on any atom is 0.128 e. The van der Waals surface area contributed by atoms with Crippen LogP contribution in [0.1, 0.15) is 11.1 Å². The lowest BCUT2D eigenvalue weighted by molar-refractivity contribution is 0.281. The number of nitrogens with two attached hydrogens (primary N) is 1. The molecule has 2 aromatic carbocycles. The van der Waals surface area contributed by atoms with Crippen molar-refractivity contribution in [3.8, 4) is 17.6 Å². The van der Waals surface area contributed by atoms with Gasteiger partial charge in [0.25, 0.3) is 0 Å². The average Bonchev–Trinajstić information content (AvgIpc) is 2.42. The maximum absolute atomic E-state index is 8.93. The van der Waals surface area contributed by atoms with Crippen molar-refractivity contribution < 1.29 is 9.84 Å². The van der Waals surface area contributed by atoms with Crippen LogP contribution in [0.25, 0.3) is 0 Å². The van der Waals surface area contributed by atoms with Crippen LogP contribution in [-0.2, 0) is 6.61 Å². The Kier molecular flexibility index (Phi) is 3.46. The van der Waals surface area contributed by atoms with Gasteiger partial charge in [0.15, 0.2) is 0 Å². The van der Waals surface area contributed by atoms with E-state index in [0.717, 1.165) is 5.56 Å². The van der Waals surface area contributed by atoms with Gasteiger partial charge in [0.2, 0.25) is 0 Å². The molecule has 0 amide bonds. The van der Waals surface area contributed by atoms with Crippen molar-refractivity contribution in [1.29, 1.82) is 5.26 Å². The fourth-order valence-corrected chi connectivity index (χ4v) is 1.49. The molecule has 3 N–H and O–H groups in total. The molecule has 0 unspecified atom stereocenters. The molecule has 0 radical (unpaired) electrons. The molecule has 0 bridgehead atoms. The number of ether oxygens (including phenoxy) is 1. The second kappa shape index (κ2) is 5.21. The normalized spacial score (nSPS) is 9.78. The van der Waals surface area contributed by atoms with Crippen LogP contribution in [0.4, 0.5) is 5.69 Å². The van der Waals surface area contributed by atoms with Crippen molar-refractivity contribution in [2.45, 2.75) is 6.61 Å². The van der Waals surface area contributed by atoms with E-state index in [1.54, 1.807) is 42.5 Å². The summed E-state index contributed by atoms with van der Waals surface area (Å²) in [6, 6.07) is 14.0. The molecule has 0 saturated heterocycles. The molecular formula is C14H12N2O2. The predicted molar refractivity (Wildman–Crippen MR) is 68.0 cm³/mol. The number of rotatable bonds is 3. The molecule has 0 spiro atoms. The predicted octanol–water partition coefficient (Wildman–Crippen LogP) is 2.43. The van der Waals surface area contributed by atoms with Crippen LogP contribution in [0.2, 0.25) is 0 Å².